The molecule has 4 aromatic rings. The molecule has 1 aliphatic rings. The van der Waals surface area contributed by atoms with Crippen LogP contribution in [0.25, 0.3) is 22.0 Å². The fourth-order valence-electron chi connectivity index (χ4n) is 4.18. The first-order valence-corrected chi connectivity index (χ1v) is 9.51. The number of hydrogen-bond donors (Lipinski definition) is 3. The average Bonchev–Trinajstić information content (AvgIpc) is 3.12. The Labute approximate surface area is 163 Å². The fourth-order valence-corrected chi connectivity index (χ4v) is 4.18. The molecular formula is C24H21N3O. The highest BCUT2D eigenvalue weighted by Crippen LogP contribution is 2.35. The first kappa shape index (κ1) is 16.8. The summed E-state index contributed by atoms with van der Waals surface area (Å²) in [6, 6.07) is 26.6. The van der Waals surface area contributed by atoms with Gasteiger partial charge in [0.05, 0.1) is 12.1 Å². The zero-order chi connectivity index (χ0) is 19.1. The monoisotopic (exact) mass is 367 g/mol. The smallest absolute Gasteiger partial charge is 0.234 e. The third-order valence-electron chi connectivity index (χ3n) is 5.61. The number of aromatic nitrogens is 1. The summed E-state index contributed by atoms with van der Waals surface area (Å²) in [6.45, 7) is 0. The van der Waals surface area contributed by atoms with Gasteiger partial charge in [0.25, 0.3) is 0 Å². The minimum atomic E-state index is -0.384. The van der Waals surface area contributed by atoms with Crippen molar-refractivity contribution in [2.75, 3.05) is 0 Å². The molecule has 1 amide bonds. The SMILES string of the molecule is NC(=O)C1Cc2c([nH]c3ccccc23)[C@H](c2ccc(-c3ccccc3)cc2)N1. The molecule has 5 rings (SSSR count). The lowest BCUT2D eigenvalue weighted by Crippen LogP contribution is -2.48. The van der Waals surface area contributed by atoms with Crippen LogP contribution in [0.15, 0.2) is 78.9 Å². The van der Waals surface area contributed by atoms with Gasteiger partial charge in [-0.2, -0.15) is 0 Å². The van der Waals surface area contributed by atoms with E-state index in [2.05, 4.69) is 58.8 Å². The Balaban J connectivity index is 1.58. The molecule has 4 nitrogen and oxygen atoms in total. The van der Waals surface area contributed by atoms with E-state index in [1.807, 2.05) is 30.3 Å². The minimum absolute atomic E-state index is 0.0986. The van der Waals surface area contributed by atoms with E-state index in [0.29, 0.717) is 6.42 Å². The second kappa shape index (κ2) is 6.66. The van der Waals surface area contributed by atoms with Gasteiger partial charge in [-0.25, -0.2) is 0 Å². The predicted octanol–water partition coefficient (Wildman–Crippen LogP) is 3.92. The van der Waals surface area contributed by atoms with Crippen molar-refractivity contribution in [1.29, 1.82) is 0 Å². The molecule has 4 heteroatoms. The van der Waals surface area contributed by atoms with Gasteiger partial charge in [0.15, 0.2) is 0 Å². The van der Waals surface area contributed by atoms with Crippen LogP contribution in [-0.4, -0.2) is 16.9 Å². The molecule has 4 N–H and O–H groups in total. The van der Waals surface area contributed by atoms with Crippen molar-refractivity contribution in [3.8, 4) is 11.1 Å². The Hall–Kier alpha value is -3.37. The molecule has 1 aromatic heterocycles. The fraction of sp³-hybridized carbons (Fsp3) is 0.125. The summed E-state index contributed by atoms with van der Waals surface area (Å²) in [5.41, 5.74) is 12.5. The van der Waals surface area contributed by atoms with E-state index < -0.39 is 0 Å². The molecule has 2 atom stereocenters. The van der Waals surface area contributed by atoms with E-state index in [1.165, 1.54) is 16.7 Å². The number of aromatic amines is 1. The molecule has 138 valence electrons. The Bertz CT molecular complexity index is 1150. The van der Waals surface area contributed by atoms with Crippen molar-refractivity contribution < 1.29 is 4.79 Å². The zero-order valence-corrected chi connectivity index (χ0v) is 15.4. The van der Waals surface area contributed by atoms with Crippen molar-refractivity contribution in [2.45, 2.75) is 18.5 Å². The van der Waals surface area contributed by atoms with Gasteiger partial charge in [-0.05, 0) is 34.7 Å². The normalized spacial score (nSPS) is 18.7. The van der Waals surface area contributed by atoms with E-state index in [0.717, 1.165) is 22.2 Å². The maximum atomic E-state index is 12.0. The second-order valence-electron chi connectivity index (χ2n) is 7.31. The summed E-state index contributed by atoms with van der Waals surface area (Å²) in [4.78, 5) is 15.5. The van der Waals surface area contributed by atoms with Crippen LogP contribution in [0.2, 0.25) is 0 Å². The lowest BCUT2D eigenvalue weighted by atomic mass is 9.89. The van der Waals surface area contributed by atoms with E-state index in [1.54, 1.807) is 0 Å². The summed E-state index contributed by atoms with van der Waals surface area (Å²) in [7, 11) is 0. The predicted molar refractivity (Wildman–Crippen MR) is 112 cm³/mol. The summed E-state index contributed by atoms with van der Waals surface area (Å²) in [6.07, 6.45) is 0.604. The number of amides is 1. The lowest BCUT2D eigenvalue weighted by Gasteiger charge is -2.30. The molecule has 3 aromatic carbocycles. The van der Waals surface area contributed by atoms with Crippen LogP contribution in [-0.2, 0) is 11.2 Å². The number of nitrogens with two attached hydrogens (primary N) is 1. The van der Waals surface area contributed by atoms with Crippen LogP contribution in [0.1, 0.15) is 22.9 Å². The van der Waals surface area contributed by atoms with E-state index >= 15 is 0 Å². The van der Waals surface area contributed by atoms with Crippen LogP contribution in [0.4, 0.5) is 0 Å². The minimum Gasteiger partial charge on any atom is -0.368 e. The van der Waals surface area contributed by atoms with Crippen LogP contribution >= 0.6 is 0 Å². The number of rotatable bonds is 3. The highest BCUT2D eigenvalue weighted by Gasteiger charge is 2.32. The number of primary amides is 1. The molecule has 0 aliphatic carbocycles. The topological polar surface area (TPSA) is 70.9 Å². The first-order valence-electron chi connectivity index (χ1n) is 9.51. The third-order valence-corrected chi connectivity index (χ3v) is 5.61. The van der Waals surface area contributed by atoms with Crippen molar-refractivity contribution in [3.63, 3.8) is 0 Å². The number of benzene rings is 3. The number of H-pyrrole nitrogens is 1. The van der Waals surface area contributed by atoms with Crippen molar-refractivity contribution in [1.82, 2.24) is 10.3 Å². The maximum absolute atomic E-state index is 12.0. The third kappa shape index (κ3) is 2.79. The molecule has 0 spiro atoms. The summed E-state index contributed by atoms with van der Waals surface area (Å²) in [5, 5.41) is 4.60. The van der Waals surface area contributed by atoms with Gasteiger partial charge in [0, 0.05) is 16.6 Å². The zero-order valence-electron chi connectivity index (χ0n) is 15.4. The van der Waals surface area contributed by atoms with Gasteiger partial charge in [0.1, 0.15) is 0 Å². The highest BCUT2D eigenvalue weighted by atomic mass is 16.1. The van der Waals surface area contributed by atoms with Gasteiger partial charge >= 0.3 is 0 Å². The molecule has 2 heterocycles. The number of fused-ring (bicyclic) bond motifs is 3. The van der Waals surface area contributed by atoms with Gasteiger partial charge in [-0.3, -0.25) is 10.1 Å². The quantitative estimate of drug-likeness (QED) is 0.513. The molecule has 0 fully saturated rings. The van der Waals surface area contributed by atoms with Crippen molar-refractivity contribution in [2.24, 2.45) is 5.73 Å². The molecule has 0 saturated heterocycles. The van der Waals surface area contributed by atoms with Crippen LogP contribution < -0.4 is 11.1 Å². The highest BCUT2D eigenvalue weighted by molar-refractivity contribution is 5.88. The average molecular weight is 367 g/mol. The molecule has 1 aliphatic heterocycles. The Morgan fingerprint density at radius 3 is 2.29 bits per heavy atom. The standard InChI is InChI=1S/C24H21N3O/c25-24(28)21-14-19-18-8-4-5-9-20(18)26-23(19)22(27-21)17-12-10-16(11-13-17)15-6-2-1-3-7-15/h1-13,21-22,26-27H,14H2,(H2,25,28)/t21?,22-/m0/s1. The van der Waals surface area contributed by atoms with Crippen molar-refractivity contribution in [3.05, 3.63) is 95.7 Å². The van der Waals surface area contributed by atoms with Gasteiger partial charge in [-0.15, -0.1) is 0 Å². The summed E-state index contributed by atoms with van der Waals surface area (Å²) in [5.74, 6) is -0.318. The van der Waals surface area contributed by atoms with Crippen LogP contribution in [0.5, 0.6) is 0 Å². The molecule has 0 saturated carbocycles. The number of para-hydroxylation sites is 1. The van der Waals surface area contributed by atoms with Crippen LogP contribution in [0.3, 0.4) is 0 Å². The van der Waals surface area contributed by atoms with Gasteiger partial charge in [-0.1, -0.05) is 72.8 Å². The van der Waals surface area contributed by atoms with Crippen molar-refractivity contribution >= 4 is 16.8 Å². The lowest BCUT2D eigenvalue weighted by molar-refractivity contribution is -0.120. The molecule has 0 bridgehead atoms. The van der Waals surface area contributed by atoms with E-state index in [4.69, 9.17) is 5.73 Å². The molecule has 0 radical (unpaired) electrons. The first-order chi connectivity index (χ1) is 13.7. The Morgan fingerprint density at radius 1 is 0.857 bits per heavy atom. The van der Waals surface area contributed by atoms with E-state index in [-0.39, 0.29) is 18.0 Å². The number of hydrogen-bond acceptors (Lipinski definition) is 2. The summed E-state index contributed by atoms with van der Waals surface area (Å²) < 4.78 is 0. The number of nitrogens with one attached hydrogen (secondary N) is 2. The van der Waals surface area contributed by atoms with Gasteiger partial charge in [0.2, 0.25) is 5.91 Å². The van der Waals surface area contributed by atoms with E-state index in [9.17, 15) is 4.79 Å². The Morgan fingerprint density at radius 2 is 1.54 bits per heavy atom. The van der Waals surface area contributed by atoms with Gasteiger partial charge < -0.3 is 10.7 Å². The van der Waals surface area contributed by atoms with Crippen LogP contribution in [0, 0.1) is 0 Å². The molecular weight excluding hydrogens is 346 g/mol. The number of carbonyl (C=O) groups is 1. The number of carbonyl (C=O) groups excluding carboxylic acids is 1. The second-order valence-corrected chi connectivity index (χ2v) is 7.31. The maximum Gasteiger partial charge on any atom is 0.234 e. The summed E-state index contributed by atoms with van der Waals surface area (Å²) >= 11 is 0. The largest absolute Gasteiger partial charge is 0.368 e. The molecule has 28 heavy (non-hydrogen) atoms. The Kier molecular flexibility index (Phi) is 3.99. The molecule has 1 unspecified atom stereocenters.